The number of allylic oxidation sites excluding steroid dienone is 2. The van der Waals surface area contributed by atoms with Gasteiger partial charge in [-0.3, -0.25) is 0 Å². The second kappa shape index (κ2) is 16.6. The molecule has 0 N–H and O–H groups in total. The zero-order chi connectivity index (χ0) is 55.2. The maximum atomic E-state index is 2.62. The number of benzene rings is 13. The molecule has 0 saturated heterocycles. The number of nitrogens with zero attached hydrogens (tertiary/aromatic N) is 4. The van der Waals surface area contributed by atoms with Crippen molar-refractivity contribution in [3.63, 3.8) is 0 Å². The van der Waals surface area contributed by atoms with Crippen LogP contribution in [0, 0.1) is 0 Å². The van der Waals surface area contributed by atoms with Crippen molar-refractivity contribution in [3.05, 3.63) is 319 Å². The normalized spacial score (nSPS) is 16.0. The Bertz CT molecular complexity index is 5650. The van der Waals surface area contributed by atoms with Crippen LogP contribution in [0.3, 0.4) is 0 Å². The number of hydrogen-bond donors (Lipinski definition) is 0. The van der Waals surface area contributed by atoms with Crippen LogP contribution in [0.15, 0.2) is 291 Å². The molecule has 4 heterocycles. The molecule has 3 aromatic heterocycles. The Kier molecular flexibility index (Phi) is 8.93. The van der Waals surface area contributed by atoms with E-state index in [0.29, 0.717) is 0 Å². The van der Waals surface area contributed by atoms with Crippen LogP contribution in [-0.2, 0) is 5.41 Å². The number of fused-ring (bicyclic) bond motifs is 26. The van der Waals surface area contributed by atoms with Crippen LogP contribution in [0.5, 0.6) is 0 Å². The van der Waals surface area contributed by atoms with E-state index < -0.39 is 5.41 Å². The minimum atomic E-state index is -0.646. The molecule has 0 fully saturated rings. The Labute approximate surface area is 489 Å². The van der Waals surface area contributed by atoms with Crippen molar-refractivity contribution in [1.82, 2.24) is 13.7 Å². The van der Waals surface area contributed by atoms with Crippen LogP contribution >= 0.6 is 0 Å². The van der Waals surface area contributed by atoms with Crippen molar-refractivity contribution in [2.75, 3.05) is 4.90 Å². The molecule has 16 aromatic rings. The summed E-state index contributed by atoms with van der Waals surface area (Å²) in [4.78, 5) is 2.56. The minimum Gasteiger partial charge on any atom is -0.333 e. The van der Waals surface area contributed by atoms with Gasteiger partial charge in [-0.25, -0.2) is 0 Å². The topological polar surface area (TPSA) is 18.0 Å². The van der Waals surface area contributed by atoms with Crippen LogP contribution in [-0.4, -0.2) is 19.7 Å². The fraction of sp³-hybridized carbons (Fsp3) is 0.0370. The van der Waals surface area contributed by atoms with E-state index in [4.69, 9.17) is 0 Å². The van der Waals surface area contributed by atoms with E-state index in [9.17, 15) is 0 Å². The number of hydrogen-bond acceptors (Lipinski definition) is 1. The highest BCUT2D eigenvalue weighted by atomic mass is 15.2. The number of anilines is 2. The first-order valence-corrected chi connectivity index (χ1v) is 29.8. The van der Waals surface area contributed by atoms with Gasteiger partial charge in [0.1, 0.15) is 0 Å². The second-order valence-electron chi connectivity index (χ2n) is 23.8. The predicted octanol–water partition coefficient (Wildman–Crippen LogP) is 20.4. The summed E-state index contributed by atoms with van der Waals surface area (Å²) in [5.41, 5.74) is 24.2. The molecule has 0 saturated carbocycles. The summed E-state index contributed by atoms with van der Waals surface area (Å²) >= 11 is 0. The van der Waals surface area contributed by atoms with E-state index in [1.807, 2.05) is 0 Å². The summed E-state index contributed by atoms with van der Waals surface area (Å²) in [5, 5.41) is 12.5. The SMILES string of the molecule is C1=CC2c3ccc(-n4c5cc6c(cc5c5c7ccccc7ccc54)-c4cc5c7c8ccccc8ccc7n(-c7ccc8c9ccccc9n(-c9ccccc9)c8c7)c5cc4C64c5ccccc5-c5ccccc54)cc3N(c3ccccc3)C2C=C1. The van der Waals surface area contributed by atoms with E-state index >= 15 is 0 Å². The third kappa shape index (κ3) is 5.85. The highest BCUT2D eigenvalue weighted by Gasteiger charge is 2.52. The van der Waals surface area contributed by atoms with Crippen LogP contribution in [0.1, 0.15) is 33.7 Å². The lowest BCUT2D eigenvalue weighted by Crippen LogP contribution is -2.28. The monoisotopic (exact) mass is 1080 g/mol. The van der Waals surface area contributed by atoms with E-state index in [0.717, 1.165) is 17.1 Å². The van der Waals surface area contributed by atoms with Gasteiger partial charge in [-0.15, -0.1) is 0 Å². The quantitative estimate of drug-likeness (QED) is 0.172. The molecule has 20 rings (SSSR count). The Hall–Kier alpha value is -10.9. The molecular weight excluding hydrogens is 1030 g/mol. The second-order valence-corrected chi connectivity index (χ2v) is 23.8. The summed E-state index contributed by atoms with van der Waals surface area (Å²) in [7, 11) is 0. The lowest BCUT2D eigenvalue weighted by Gasteiger charge is -2.30. The van der Waals surface area contributed by atoms with Gasteiger partial charge in [0.05, 0.1) is 44.6 Å². The average molecular weight is 1080 g/mol. The van der Waals surface area contributed by atoms with Gasteiger partial charge in [0.25, 0.3) is 0 Å². The van der Waals surface area contributed by atoms with Gasteiger partial charge in [0.2, 0.25) is 0 Å². The Morgan fingerprint density at radius 2 is 0.776 bits per heavy atom. The lowest BCUT2D eigenvalue weighted by atomic mass is 9.70. The summed E-state index contributed by atoms with van der Waals surface area (Å²) < 4.78 is 7.61. The largest absolute Gasteiger partial charge is 0.333 e. The fourth-order valence-electron chi connectivity index (χ4n) is 16.6. The summed E-state index contributed by atoms with van der Waals surface area (Å²) in [6, 6.07) is 102. The first-order valence-electron chi connectivity index (χ1n) is 29.8. The summed E-state index contributed by atoms with van der Waals surface area (Å²) in [5.74, 6) is 0.256. The van der Waals surface area contributed by atoms with Crippen molar-refractivity contribution in [3.8, 4) is 39.3 Å². The van der Waals surface area contributed by atoms with Crippen molar-refractivity contribution >= 4 is 98.3 Å². The smallest absolute Gasteiger partial charge is 0.0727 e. The molecule has 0 radical (unpaired) electrons. The van der Waals surface area contributed by atoms with Crippen molar-refractivity contribution in [1.29, 1.82) is 0 Å². The first kappa shape index (κ1) is 45.6. The molecule has 0 bridgehead atoms. The predicted molar refractivity (Wildman–Crippen MR) is 354 cm³/mol. The third-order valence-corrected chi connectivity index (χ3v) is 19.9. The number of aromatic nitrogens is 3. The van der Waals surface area contributed by atoms with Gasteiger partial charge in [-0.1, -0.05) is 200 Å². The zero-order valence-corrected chi connectivity index (χ0v) is 46.2. The Morgan fingerprint density at radius 1 is 0.282 bits per heavy atom. The van der Waals surface area contributed by atoms with Crippen molar-refractivity contribution in [2.45, 2.75) is 17.4 Å². The maximum absolute atomic E-state index is 2.62. The molecule has 1 spiro atoms. The van der Waals surface area contributed by atoms with Gasteiger partial charge < -0.3 is 18.6 Å². The molecule has 0 amide bonds. The molecule has 4 nitrogen and oxygen atoms in total. The number of rotatable bonds is 4. The van der Waals surface area contributed by atoms with Crippen LogP contribution in [0.4, 0.5) is 11.4 Å². The molecule has 85 heavy (non-hydrogen) atoms. The Balaban J connectivity index is 0.915. The Morgan fingerprint density at radius 3 is 1.42 bits per heavy atom. The first-order chi connectivity index (χ1) is 42.2. The molecule has 2 atom stereocenters. The molecule has 1 aliphatic heterocycles. The average Bonchev–Trinajstić information content (AvgIpc) is 1.57. The van der Waals surface area contributed by atoms with E-state index in [1.165, 1.54) is 148 Å². The van der Waals surface area contributed by atoms with E-state index in [1.54, 1.807) is 0 Å². The molecule has 3 aliphatic carbocycles. The summed E-state index contributed by atoms with van der Waals surface area (Å²) in [6.07, 6.45) is 9.20. The van der Waals surface area contributed by atoms with Gasteiger partial charge in [0, 0.05) is 66.7 Å². The minimum absolute atomic E-state index is 0.190. The highest BCUT2D eigenvalue weighted by molar-refractivity contribution is 6.25. The molecule has 394 valence electrons. The standard InChI is InChI=1S/C81H50N4/c1-3-21-51(22-4-1)82-71-33-17-13-29-59(71)61-39-37-53(43-75(61)82)84-73-41-35-49-19-7-9-25-55(49)79(73)65-45-63-64-46-66-78(48-70(64)81(69(63)47-77(65)84)67-31-15-11-27-57(67)58-28-12-16-32-68(58)81)85(74-42-36-50-20-8-10-26-56(50)80(66)74)54-38-40-62-60-30-14-18-34-72(60)83(76(62)44-54)52-23-5-2-6-24-52/h1-48,59,71H. The summed E-state index contributed by atoms with van der Waals surface area (Å²) in [6.45, 7) is 0. The number of para-hydroxylation sites is 3. The van der Waals surface area contributed by atoms with Gasteiger partial charge >= 0.3 is 0 Å². The van der Waals surface area contributed by atoms with Crippen LogP contribution in [0.25, 0.3) is 126 Å². The molecule has 13 aromatic carbocycles. The van der Waals surface area contributed by atoms with Gasteiger partial charge in [-0.05, 0) is 163 Å². The van der Waals surface area contributed by atoms with E-state index in [-0.39, 0.29) is 12.0 Å². The van der Waals surface area contributed by atoms with Gasteiger partial charge in [0.15, 0.2) is 0 Å². The molecule has 4 heteroatoms. The zero-order valence-electron chi connectivity index (χ0n) is 46.2. The highest BCUT2D eigenvalue weighted by Crippen LogP contribution is 2.65. The van der Waals surface area contributed by atoms with Crippen molar-refractivity contribution < 1.29 is 0 Å². The molecular formula is C81H50N4. The third-order valence-electron chi connectivity index (χ3n) is 19.9. The van der Waals surface area contributed by atoms with E-state index in [2.05, 4.69) is 310 Å². The van der Waals surface area contributed by atoms with Crippen molar-refractivity contribution in [2.24, 2.45) is 0 Å². The molecule has 4 aliphatic rings. The maximum Gasteiger partial charge on any atom is 0.0727 e. The lowest BCUT2D eigenvalue weighted by molar-refractivity contribution is 0.745. The van der Waals surface area contributed by atoms with Crippen LogP contribution in [0.2, 0.25) is 0 Å². The fourth-order valence-corrected chi connectivity index (χ4v) is 16.6. The van der Waals surface area contributed by atoms with Gasteiger partial charge in [-0.2, -0.15) is 0 Å². The molecule has 2 unspecified atom stereocenters. The van der Waals surface area contributed by atoms with Crippen LogP contribution < -0.4 is 4.90 Å².